The molecule has 1 atom stereocenters. The van der Waals surface area contributed by atoms with E-state index in [4.69, 9.17) is 9.84 Å². The summed E-state index contributed by atoms with van der Waals surface area (Å²) in [5.74, 6) is -0.937. The minimum absolute atomic E-state index is 0.0865. The van der Waals surface area contributed by atoms with E-state index in [1.54, 1.807) is 0 Å². The highest BCUT2D eigenvalue weighted by molar-refractivity contribution is 5.90. The molecular formula is C20H36O4. The summed E-state index contributed by atoms with van der Waals surface area (Å²) in [5.41, 5.74) is 0. The second-order valence-electron chi connectivity index (χ2n) is 6.97. The molecule has 0 aliphatic rings. The number of carbonyl (C=O) groups is 2. The van der Waals surface area contributed by atoms with E-state index in [-0.39, 0.29) is 6.10 Å². The van der Waals surface area contributed by atoms with Gasteiger partial charge < -0.3 is 9.84 Å². The molecule has 0 saturated heterocycles. The molecule has 24 heavy (non-hydrogen) atoms. The highest BCUT2D eigenvalue weighted by atomic mass is 16.5. The minimum atomic E-state index is -1.13. The monoisotopic (exact) mass is 340 g/mol. The maximum atomic E-state index is 11.7. The number of carbonyl (C=O) groups excluding carboxylic acids is 1. The zero-order chi connectivity index (χ0) is 18.2. The topological polar surface area (TPSA) is 63.6 Å². The van der Waals surface area contributed by atoms with Crippen molar-refractivity contribution in [3.8, 4) is 0 Å². The molecule has 4 nitrogen and oxygen atoms in total. The van der Waals surface area contributed by atoms with Gasteiger partial charge in [-0.1, -0.05) is 65.7 Å². The number of aliphatic carboxylic acids is 1. The van der Waals surface area contributed by atoms with Gasteiger partial charge in [-0.15, -0.1) is 0 Å². The van der Waals surface area contributed by atoms with Crippen molar-refractivity contribution in [2.24, 2.45) is 5.92 Å². The fraction of sp³-hybridized carbons (Fsp3) is 0.800. The van der Waals surface area contributed by atoms with E-state index >= 15 is 0 Å². The molecule has 0 amide bonds. The van der Waals surface area contributed by atoms with Crippen molar-refractivity contribution in [1.29, 1.82) is 0 Å². The van der Waals surface area contributed by atoms with Crippen LogP contribution in [0, 0.1) is 5.92 Å². The summed E-state index contributed by atoms with van der Waals surface area (Å²) in [6, 6.07) is 0. The third kappa shape index (κ3) is 15.6. The van der Waals surface area contributed by atoms with Crippen LogP contribution in [-0.4, -0.2) is 23.1 Å². The van der Waals surface area contributed by atoms with E-state index in [0.717, 1.165) is 50.2 Å². The van der Waals surface area contributed by atoms with Gasteiger partial charge in [0.25, 0.3) is 0 Å². The molecular weight excluding hydrogens is 304 g/mol. The Morgan fingerprint density at radius 3 is 1.96 bits per heavy atom. The minimum Gasteiger partial charge on any atom is -0.478 e. The molecule has 0 aliphatic heterocycles. The van der Waals surface area contributed by atoms with Gasteiger partial charge in [-0.3, -0.25) is 0 Å². The predicted octanol–water partition coefficient (Wildman–Crippen LogP) is 5.51. The lowest BCUT2D eigenvalue weighted by Crippen LogP contribution is -2.17. The van der Waals surface area contributed by atoms with E-state index in [1.807, 2.05) is 0 Å². The first-order valence-corrected chi connectivity index (χ1v) is 9.57. The molecule has 0 spiro atoms. The zero-order valence-corrected chi connectivity index (χ0v) is 15.8. The maximum Gasteiger partial charge on any atom is 0.331 e. The van der Waals surface area contributed by atoms with Gasteiger partial charge >= 0.3 is 11.9 Å². The molecule has 1 N–H and O–H groups in total. The van der Waals surface area contributed by atoms with E-state index in [0.29, 0.717) is 0 Å². The lowest BCUT2D eigenvalue weighted by molar-refractivity contribution is -0.144. The van der Waals surface area contributed by atoms with E-state index in [9.17, 15) is 9.59 Å². The van der Waals surface area contributed by atoms with Gasteiger partial charge in [0.15, 0.2) is 0 Å². The zero-order valence-electron chi connectivity index (χ0n) is 15.8. The van der Waals surface area contributed by atoms with Crippen LogP contribution >= 0.6 is 0 Å². The Hall–Kier alpha value is -1.32. The second kappa shape index (κ2) is 15.2. The number of rotatable bonds is 15. The Morgan fingerprint density at radius 1 is 0.875 bits per heavy atom. The van der Waals surface area contributed by atoms with Gasteiger partial charge in [-0.2, -0.15) is 0 Å². The van der Waals surface area contributed by atoms with Crippen LogP contribution in [0.25, 0.3) is 0 Å². The van der Waals surface area contributed by atoms with Gasteiger partial charge in [0.1, 0.15) is 6.10 Å². The van der Waals surface area contributed by atoms with Gasteiger partial charge in [-0.05, 0) is 31.6 Å². The molecule has 140 valence electrons. The standard InChI is InChI=1S/C20H36O4/c1-4-5-6-7-10-13-18(14-11-8-9-12-17(2)3)24-20(23)16-15-19(21)22/h15-18H,4-14H2,1-3H3,(H,21,22). The van der Waals surface area contributed by atoms with Crippen molar-refractivity contribution in [3.63, 3.8) is 0 Å². The fourth-order valence-electron chi connectivity index (χ4n) is 2.68. The molecule has 0 aromatic heterocycles. The van der Waals surface area contributed by atoms with Crippen LogP contribution in [0.1, 0.15) is 91.4 Å². The van der Waals surface area contributed by atoms with Crippen molar-refractivity contribution in [2.75, 3.05) is 0 Å². The van der Waals surface area contributed by atoms with E-state index in [2.05, 4.69) is 20.8 Å². The van der Waals surface area contributed by atoms with Crippen molar-refractivity contribution in [3.05, 3.63) is 12.2 Å². The largest absolute Gasteiger partial charge is 0.478 e. The Morgan fingerprint density at radius 2 is 1.42 bits per heavy atom. The second-order valence-corrected chi connectivity index (χ2v) is 6.97. The molecule has 0 saturated carbocycles. The third-order valence-corrected chi connectivity index (χ3v) is 4.08. The van der Waals surface area contributed by atoms with Gasteiger partial charge in [0.2, 0.25) is 0 Å². The molecule has 0 rings (SSSR count). The molecule has 0 bridgehead atoms. The van der Waals surface area contributed by atoms with Gasteiger partial charge in [0, 0.05) is 12.2 Å². The van der Waals surface area contributed by atoms with Crippen LogP contribution in [0.15, 0.2) is 12.2 Å². The Bertz CT molecular complexity index is 361. The van der Waals surface area contributed by atoms with Gasteiger partial charge in [0.05, 0.1) is 0 Å². The fourth-order valence-corrected chi connectivity index (χ4v) is 2.68. The lowest BCUT2D eigenvalue weighted by atomic mass is 10.0. The van der Waals surface area contributed by atoms with E-state index < -0.39 is 11.9 Å². The molecule has 0 radical (unpaired) electrons. The summed E-state index contributed by atoms with van der Waals surface area (Å²) in [7, 11) is 0. The van der Waals surface area contributed by atoms with Crippen molar-refractivity contribution in [1.82, 2.24) is 0 Å². The predicted molar refractivity (Wildman–Crippen MR) is 98.0 cm³/mol. The summed E-state index contributed by atoms with van der Waals surface area (Å²) in [6.45, 7) is 6.65. The normalized spacial score (nSPS) is 12.7. The Labute approximate surface area is 147 Å². The highest BCUT2D eigenvalue weighted by Crippen LogP contribution is 2.17. The van der Waals surface area contributed by atoms with Gasteiger partial charge in [-0.25, -0.2) is 9.59 Å². The first-order valence-electron chi connectivity index (χ1n) is 9.57. The average molecular weight is 341 g/mol. The molecule has 0 aliphatic carbocycles. The Kier molecular flexibility index (Phi) is 14.4. The van der Waals surface area contributed by atoms with Crippen LogP contribution < -0.4 is 0 Å². The highest BCUT2D eigenvalue weighted by Gasteiger charge is 2.13. The van der Waals surface area contributed by atoms with Crippen LogP contribution in [0.5, 0.6) is 0 Å². The number of hydrogen-bond donors (Lipinski definition) is 1. The number of hydrogen-bond acceptors (Lipinski definition) is 3. The van der Waals surface area contributed by atoms with Crippen LogP contribution in [-0.2, 0) is 14.3 Å². The Balaban J connectivity index is 4.17. The lowest BCUT2D eigenvalue weighted by Gasteiger charge is -2.17. The molecule has 0 aromatic carbocycles. The maximum absolute atomic E-state index is 11.7. The van der Waals surface area contributed by atoms with E-state index in [1.165, 1.54) is 38.5 Å². The first-order chi connectivity index (χ1) is 11.5. The number of ether oxygens (including phenoxy) is 1. The quantitative estimate of drug-likeness (QED) is 0.243. The number of carboxylic acids is 1. The third-order valence-electron chi connectivity index (χ3n) is 4.08. The number of esters is 1. The van der Waals surface area contributed by atoms with Crippen molar-refractivity contribution in [2.45, 2.75) is 97.5 Å². The molecule has 1 unspecified atom stereocenters. The van der Waals surface area contributed by atoms with Crippen LogP contribution in [0.3, 0.4) is 0 Å². The van der Waals surface area contributed by atoms with Crippen molar-refractivity contribution >= 4 is 11.9 Å². The summed E-state index contributed by atoms with van der Waals surface area (Å²) in [5, 5.41) is 8.57. The number of carboxylic acid groups (broad SMARTS) is 1. The molecule has 0 heterocycles. The van der Waals surface area contributed by atoms with Crippen LogP contribution in [0.4, 0.5) is 0 Å². The average Bonchev–Trinajstić information content (AvgIpc) is 2.51. The SMILES string of the molecule is CCCCCCCC(CCCCCC(C)C)OC(=O)C=CC(=O)O. The summed E-state index contributed by atoms with van der Waals surface area (Å²) >= 11 is 0. The van der Waals surface area contributed by atoms with Crippen molar-refractivity contribution < 1.29 is 19.4 Å². The summed E-state index contributed by atoms with van der Waals surface area (Å²) in [4.78, 5) is 22.2. The smallest absolute Gasteiger partial charge is 0.331 e. The first kappa shape index (κ1) is 22.7. The summed E-state index contributed by atoms with van der Waals surface area (Å²) in [6.07, 6.45) is 14.1. The molecule has 4 heteroatoms. The van der Waals surface area contributed by atoms with Crippen LogP contribution in [0.2, 0.25) is 0 Å². The number of unbranched alkanes of at least 4 members (excludes halogenated alkanes) is 6. The molecule has 0 aromatic rings. The summed E-state index contributed by atoms with van der Waals surface area (Å²) < 4.78 is 5.45. The molecule has 0 fully saturated rings.